The molecule has 2 bridgehead atoms. The second-order valence-electron chi connectivity index (χ2n) is 12.4. The molecule has 3 aliphatic rings. The minimum atomic E-state index is -4.42. The Morgan fingerprint density at radius 2 is 1.91 bits per heavy atom. The minimum absolute atomic E-state index is 0.00330. The molecule has 0 spiro atoms. The van der Waals surface area contributed by atoms with Gasteiger partial charge in [-0.3, -0.25) is 4.79 Å². The van der Waals surface area contributed by atoms with Crippen molar-refractivity contribution in [3.8, 4) is 0 Å². The van der Waals surface area contributed by atoms with E-state index in [0.29, 0.717) is 33.2 Å². The predicted molar refractivity (Wildman–Crippen MR) is 158 cm³/mol. The van der Waals surface area contributed by atoms with Gasteiger partial charge in [0.1, 0.15) is 29.2 Å². The first-order valence-electron chi connectivity index (χ1n) is 14.1. The average molecular weight is 625 g/mol. The van der Waals surface area contributed by atoms with Crippen LogP contribution in [0.2, 0.25) is 5.15 Å². The molecule has 5 aromatic rings. The number of anilines is 2. The summed E-state index contributed by atoms with van der Waals surface area (Å²) in [5.74, 6) is 1.23. The van der Waals surface area contributed by atoms with Gasteiger partial charge in [-0.2, -0.15) is 18.3 Å². The van der Waals surface area contributed by atoms with E-state index in [9.17, 15) is 18.0 Å². The third-order valence-corrected chi connectivity index (χ3v) is 9.23. The van der Waals surface area contributed by atoms with E-state index in [1.807, 2.05) is 16.9 Å². The van der Waals surface area contributed by atoms with Crippen molar-refractivity contribution < 1.29 is 13.2 Å². The molecular weight excluding hydrogens is 597 g/mol. The van der Waals surface area contributed by atoms with Gasteiger partial charge in [0.2, 0.25) is 0 Å². The van der Waals surface area contributed by atoms with Gasteiger partial charge < -0.3 is 10.6 Å². The van der Waals surface area contributed by atoms with E-state index in [0.717, 1.165) is 39.0 Å². The Morgan fingerprint density at radius 1 is 1.14 bits per heavy atom. The fourth-order valence-electron chi connectivity index (χ4n) is 5.99. The second kappa shape index (κ2) is 9.84. The summed E-state index contributed by atoms with van der Waals surface area (Å²) in [6, 6.07) is 6.39. The molecule has 4 aromatic heterocycles. The van der Waals surface area contributed by atoms with Crippen LogP contribution in [-0.4, -0.2) is 52.4 Å². The standard InChI is InChI=1S/C29H28ClF3N10O/c1-27(2,29(31,32)33)13-34-25-18-7-21(39-24(30)23(18)35-14-36-25)38-22(20-12-43(41-40-20)28-8-15(9-28)10-28)16-5-4-6-17-19(16)11-37-42(3)26(17)44/h4-7,11-12,14-15,22H,8-10,13H2,1-3H3,(H,38,39)(H,34,35,36)/t15?,22-,28?/m0/s1. The lowest BCUT2D eigenvalue weighted by atomic mass is 9.50. The number of rotatable bonds is 8. The summed E-state index contributed by atoms with van der Waals surface area (Å²) < 4.78 is 43.9. The zero-order valence-electron chi connectivity index (χ0n) is 24.0. The summed E-state index contributed by atoms with van der Waals surface area (Å²) in [6.07, 6.45) is 3.57. The van der Waals surface area contributed by atoms with Gasteiger partial charge in [0.25, 0.3) is 5.56 Å². The summed E-state index contributed by atoms with van der Waals surface area (Å²) in [4.78, 5) is 25.9. The molecule has 3 aliphatic carbocycles. The molecule has 44 heavy (non-hydrogen) atoms. The van der Waals surface area contributed by atoms with E-state index < -0.39 is 24.2 Å². The van der Waals surface area contributed by atoms with Gasteiger partial charge in [0.15, 0.2) is 5.15 Å². The van der Waals surface area contributed by atoms with Gasteiger partial charge in [-0.05, 0) is 56.7 Å². The second-order valence-corrected chi connectivity index (χ2v) is 12.8. The maximum Gasteiger partial charge on any atom is 0.395 e. The van der Waals surface area contributed by atoms with Crippen LogP contribution in [0.1, 0.15) is 50.4 Å². The van der Waals surface area contributed by atoms with Crippen molar-refractivity contribution in [3.05, 3.63) is 69.8 Å². The molecule has 0 aliphatic heterocycles. The van der Waals surface area contributed by atoms with E-state index in [2.05, 4.69) is 41.0 Å². The largest absolute Gasteiger partial charge is 0.395 e. The summed E-state index contributed by atoms with van der Waals surface area (Å²) in [7, 11) is 1.59. The van der Waals surface area contributed by atoms with Crippen LogP contribution in [-0.2, 0) is 12.6 Å². The molecule has 0 amide bonds. The maximum atomic E-state index is 13.6. The number of halogens is 4. The van der Waals surface area contributed by atoms with Crippen LogP contribution < -0.4 is 16.2 Å². The molecule has 1 atom stereocenters. The van der Waals surface area contributed by atoms with Crippen LogP contribution >= 0.6 is 11.6 Å². The highest BCUT2D eigenvalue weighted by Gasteiger charge is 2.59. The Kier molecular flexibility index (Phi) is 6.36. The number of pyridine rings is 1. The molecule has 0 unspecified atom stereocenters. The quantitative estimate of drug-likeness (QED) is 0.223. The van der Waals surface area contributed by atoms with Crippen molar-refractivity contribution in [2.24, 2.45) is 18.4 Å². The first-order valence-corrected chi connectivity index (χ1v) is 14.5. The minimum Gasteiger partial charge on any atom is -0.369 e. The highest BCUT2D eigenvalue weighted by Crippen LogP contribution is 2.62. The van der Waals surface area contributed by atoms with E-state index in [4.69, 9.17) is 11.6 Å². The van der Waals surface area contributed by atoms with E-state index in [1.165, 1.54) is 11.0 Å². The molecule has 0 radical (unpaired) electrons. The van der Waals surface area contributed by atoms with E-state index in [1.54, 1.807) is 31.4 Å². The fourth-order valence-corrected chi connectivity index (χ4v) is 6.24. The van der Waals surface area contributed by atoms with Crippen LogP contribution in [0, 0.1) is 11.3 Å². The van der Waals surface area contributed by atoms with Crippen molar-refractivity contribution in [2.45, 2.75) is 50.9 Å². The molecule has 15 heteroatoms. The molecule has 228 valence electrons. The molecule has 3 fully saturated rings. The Morgan fingerprint density at radius 3 is 2.61 bits per heavy atom. The molecule has 8 rings (SSSR count). The Hall–Kier alpha value is -4.33. The summed E-state index contributed by atoms with van der Waals surface area (Å²) >= 11 is 6.57. The highest BCUT2D eigenvalue weighted by molar-refractivity contribution is 6.34. The first kappa shape index (κ1) is 28.4. The van der Waals surface area contributed by atoms with Crippen LogP contribution in [0.3, 0.4) is 0 Å². The van der Waals surface area contributed by atoms with Crippen molar-refractivity contribution >= 4 is 44.9 Å². The Labute approximate surface area is 253 Å². The third-order valence-electron chi connectivity index (χ3n) is 8.97. The van der Waals surface area contributed by atoms with E-state index in [-0.39, 0.29) is 27.6 Å². The topological polar surface area (TPSA) is 128 Å². The molecule has 0 saturated heterocycles. The number of aryl methyl sites for hydroxylation is 1. The number of aromatic nitrogens is 8. The smallest absolute Gasteiger partial charge is 0.369 e. The summed E-state index contributed by atoms with van der Waals surface area (Å²) in [5.41, 5.74) is -0.673. The molecule has 2 N–H and O–H groups in total. The van der Waals surface area contributed by atoms with Gasteiger partial charge in [-0.15, -0.1) is 5.10 Å². The molecule has 3 saturated carbocycles. The highest BCUT2D eigenvalue weighted by atomic mass is 35.5. The number of benzene rings is 1. The average Bonchev–Trinajstić information content (AvgIpc) is 3.39. The van der Waals surface area contributed by atoms with Crippen LogP contribution in [0.5, 0.6) is 0 Å². The molecule has 4 heterocycles. The predicted octanol–water partition coefficient (Wildman–Crippen LogP) is 5.23. The first-order chi connectivity index (χ1) is 20.8. The number of alkyl halides is 3. The number of nitrogens with one attached hydrogen (secondary N) is 2. The monoisotopic (exact) mass is 624 g/mol. The summed E-state index contributed by atoms with van der Waals surface area (Å²) in [6.45, 7) is 1.81. The van der Waals surface area contributed by atoms with Gasteiger partial charge >= 0.3 is 6.18 Å². The van der Waals surface area contributed by atoms with Crippen LogP contribution in [0.4, 0.5) is 24.8 Å². The zero-order chi connectivity index (χ0) is 31.0. The van der Waals surface area contributed by atoms with Gasteiger partial charge in [0, 0.05) is 24.4 Å². The SMILES string of the molecule is Cn1ncc2c([C@H](Nc3cc4c(NCC(C)(C)C(F)(F)F)ncnc4c(Cl)n3)c3cn(C45CC(C4)C5)nn3)cccc2c1=O. The Bertz CT molecular complexity index is 1970. The molecule has 1 aromatic carbocycles. The van der Waals surface area contributed by atoms with Crippen molar-refractivity contribution in [1.82, 2.24) is 39.7 Å². The number of hydrogen-bond donors (Lipinski definition) is 2. The molecular formula is C29H28ClF3N10O. The maximum absolute atomic E-state index is 13.6. The lowest BCUT2D eigenvalue weighted by Crippen LogP contribution is -2.59. The lowest BCUT2D eigenvalue weighted by Gasteiger charge is -2.61. The van der Waals surface area contributed by atoms with Crippen molar-refractivity contribution in [1.29, 1.82) is 0 Å². The zero-order valence-corrected chi connectivity index (χ0v) is 24.8. The number of nitrogens with zero attached hydrogens (tertiary/aromatic N) is 8. The van der Waals surface area contributed by atoms with Gasteiger partial charge in [-0.1, -0.05) is 28.9 Å². The molecule has 11 nitrogen and oxygen atoms in total. The number of fused-ring (bicyclic) bond motifs is 2. The van der Waals surface area contributed by atoms with Crippen molar-refractivity contribution in [2.75, 3.05) is 17.2 Å². The normalized spacial score (nSPS) is 20.3. The number of hydrogen-bond acceptors (Lipinski definition) is 9. The Balaban J connectivity index is 1.31. The summed E-state index contributed by atoms with van der Waals surface area (Å²) in [5, 5.41) is 21.0. The van der Waals surface area contributed by atoms with Gasteiger partial charge in [-0.25, -0.2) is 24.3 Å². The van der Waals surface area contributed by atoms with E-state index >= 15 is 0 Å². The third kappa shape index (κ3) is 4.54. The fraction of sp³-hybridized carbons (Fsp3) is 0.414. The van der Waals surface area contributed by atoms with Crippen LogP contribution in [0.25, 0.3) is 21.7 Å². The van der Waals surface area contributed by atoms with Crippen molar-refractivity contribution in [3.63, 3.8) is 0 Å². The van der Waals surface area contributed by atoms with Gasteiger partial charge in [0.05, 0.1) is 34.8 Å². The van der Waals surface area contributed by atoms with Crippen LogP contribution in [0.15, 0.2) is 47.8 Å². The lowest BCUT2D eigenvalue weighted by molar-refractivity contribution is -0.206.